The largest absolute Gasteiger partial charge is 0.710 e. The third kappa shape index (κ3) is 3.47. The first-order valence-corrected chi connectivity index (χ1v) is 9.21. The second-order valence-corrected chi connectivity index (χ2v) is 6.77. The van der Waals surface area contributed by atoms with Gasteiger partial charge in [-0.15, -0.1) is 0 Å². The van der Waals surface area contributed by atoms with E-state index in [2.05, 4.69) is 10.2 Å². The molecule has 1 N–H and O–H groups in total. The molecule has 0 atom stereocenters. The molecule has 1 aromatic heterocycles. The van der Waals surface area contributed by atoms with Gasteiger partial charge in [-0.2, -0.15) is 4.73 Å². The third-order valence-corrected chi connectivity index (χ3v) is 4.98. The number of nitrogens with one attached hydrogen (secondary N) is 1. The molecule has 140 valence electrons. The van der Waals surface area contributed by atoms with Gasteiger partial charge in [-0.3, -0.25) is 10.2 Å². The van der Waals surface area contributed by atoms with E-state index in [-0.39, 0.29) is 5.82 Å². The molecule has 2 aliphatic rings. The van der Waals surface area contributed by atoms with Crippen LogP contribution in [-0.2, 0) is 11.2 Å². The molecule has 8 heteroatoms. The average Bonchev–Trinajstić information content (AvgIpc) is 2.68. The second kappa shape index (κ2) is 7.51. The molecule has 8 nitrogen and oxygen atoms in total. The second-order valence-electron chi connectivity index (χ2n) is 6.77. The number of rotatable bonds is 5. The van der Waals surface area contributed by atoms with E-state index in [9.17, 15) is 10.4 Å². The summed E-state index contributed by atoms with van der Waals surface area (Å²) in [5.41, 5.74) is 1.69. The van der Waals surface area contributed by atoms with Crippen LogP contribution in [-0.4, -0.2) is 50.9 Å². The van der Waals surface area contributed by atoms with Crippen LogP contribution < -0.4 is 19.5 Å². The van der Waals surface area contributed by atoms with Gasteiger partial charge in [-0.1, -0.05) is 0 Å². The molecule has 3 heterocycles. The first-order chi connectivity index (χ1) is 12.7. The fraction of sp³-hybridized carbons (Fsp3) is 0.556. The first-order valence-electron chi connectivity index (χ1n) is 9.21. The molecule has 0 unspecified atom stereocenters. The first kappa shape index (κ1) is 17.1. The molecular formula is C18H24N4O4. The van der Waals surface area contributed by atoms with Crippen LogP contribution in [0.5, 0.6) is 5.75 Å². The zero-order valence-corrected chi connectivity index (χ0v) is 14.8. The highest BCUT2D eigenvalue weighted by Crippen LogP contribution is 2.27. The van der Waals surface area contributed by atoms with Crippen LogP contribution in [0.1, 0.15) is 18.4 Å². The summed E-state index contributed by atoms with van der Waals surface area (Å²) in [6.45, 7) is 5.70. The van der Waals surface area contributed by atoms with E-state index in [1.54, 1.807) is 12.1 Å². The van der Waals surface area contributed by atoms with Crippen molar-refractivity contribution in [2.75, 3.05) is 51.3 Å². The molecule has 1 fully saturated rings. The lowest BCUT2D eigenvalue weighted by atomic mass is 10.1. The van der Waals surface area contributed by atoms with E-state index < -0.39 is 0 Å². The Kier molecular flexibility index (Phi) is 4.94. The predicted octanol–water partition coefficient (Wildman–Crippen LogP) is 0.566. The third-order valence-electron chi connectivity index (χ3n) is 4.98. The molecule has 2 aromatic rings. The minimum Gasteiger partial charge on any atom is -0.710 e. The zero-order valence-electron chi connectivity index (χ0n) is 14.8. The number of hydrogen-bond donors (Lipinski definition) is 1. The van der Waals surface area contributed by atoms with E-state index in [1.807, 2.05) is 0 Å². The fourth-order valence-corrected chi connectivity index (χ4v) is 3.54. The van der Waals surface area contributed by atoms with Gasteiger partial charge in [-0.05, 0) is 30.9 Å². The van der Waals surface area contributed by atoms with Crippen molar-refractivity contribution in [3.63, 3.8) is 0 Å². The van der Waals surface area contributed by atoms with E-state index in [0.717, 1.165) is 67.1 Å². The molecule has 0 spiro atoms. The summed E-state index contributed by atoms with van der Waals surface area (Å²) in [6, 6.07) is 3.46. The Morgan fingerprint density at radius 3 is 2.81 bits per heavy atom. The maximum atomic E-state index is 12.7. The lowest BCUT2D eigenvalue weighted by Crippen LogP contribution is -2.41. The lowest BCUT2D eigenvalue weighted by Gasteiger charge is -2.26. The average molecular weight is 360 g/mol. The van der Waals surface area contributed by atoms with Gasteiger partial charge in [0.25, 0.3) is 11.7 Å². The predicted molar refractivity (Wildman–Crippen MR) is 96.0 cm³/mol. The van der Waals surface area contributed by atoms with Crippen LogP contribution in [0, 0.1) is 10.4 Å². The number of benzene rings is 1. The highest BCUT2D eigenvalue weighted by Gasteiger charge is 2.21. The molecule has 0 aliphatic carbocycles. The molecular weight excluding hydrogens is 336 g/mol. The number of ether oxygens (including phenoxy) is 2. The van der Waals surface area contributed by atoms with Crippen LogP contribution in [0.25, 0.3) is 11.0 Å². The van der Waals surface area contributed by atoms with E-state index in [1.165, 1.54) is 6.20 Å². The van der Waals surface area contributed by atoms with Crippen LogP contribution in [0.3, 0.4) is 0 Å². The van der Waals surface area contributed by atoms with E-state index in [0.29, 0.717) is 29.9 Å². The molecule has 1 aromatic carbocycles. The van der Waals surface area contributed by atoms with E-state index in [4.69, 9.17) is 9.47 Å². The smallest absolute Gasteiger partial charge is 0.344 e. The van der Waals surface area contributed by atoms with Gasteiger partial charge in [0.05, 0.1) is 32.4 Å². The molecule has 1 saturated heterocycles. The van der Waals surface area contributed by atoms with Gasteiger partial charge >= 0.3 is 5.82 Å². The number of hydrogen-bond acceptors (Lipinski definition) is 6. The van der Waals surface area contributed by atoms with Crippen molar-refractivity contribution >= 4 is 16.9 Å². The molecule has 0 amide bonds. The number of morpholine rings is 1. The van der Waals surface area contributed by atoms with Gasteiger partial charge < -0.3 is 19.9 Å². The Labute approximate surface area is 152 Å². The number of nitrogens with zero attached hydrogens (tertiary/aromatic N) is 3. The molecule has 4 rings (SSSR count). The SMILES string of the molecule is [O-][n+]1cc(NCCCN2CCOCC2)[n+]([O-])c2cc3c(cc21)OCCC3. The number of anilines is 1. The van der Waals surface area contributed by atoms with Crippen molar-refractivity contribution in [2.45, 2.75) is 19.3 Å². The quantitative estimate of drug-likeness (QED) is 0.476. The van der Waals surface area contributed by atoms with Crippen molar-refractivity contribution in [2.24, 2.45) is 0 Å². The Balaban J connectivity index is 1.47. The molecule has 2 aliphatic heterocycles. The van der Waals surface area contributed by atoms with Crippen molar-refractivity contribution in [3.8, 4) is 5.75 Å². The summed E-state index contributed by atoms with van der Waals surface area (Å²) in [5.74, 6) is 0.991. The minimum absolute atomic E-state index is 0.283. The highest BCUT2D eigenvalue weighted by molar-refractivity contribution is 5.72. The molecule has 0 bridgehead atoms. The van der Waals surface area contributed by atoms with Crippen molar-refractivity contribution in [1.29, 1.82) is 0 Å². The minimum atomic E-state index is 0.283. The van der Waals surface area contributed by atoms with Gasteiger partial charge in [-0.25, -0.2) is 4.73 Å². The maximum Gasteiger partial charge on any atom is 0.344 e. The normalized spacial score (nSPS) is 17.7. The lowest BCUT2D eigenvalue weighted by molar-refractivity contribution is -0.618. The topological polar surface area (TPSA) is 87.6 Å². The number of aromatic nitrogens is 2. The Hall–Kier alpha value is -2.32. The molecule has 0 saturated carbocycles. The Morgan fingerprint density at radius 1 is 1.12 bits per heavy atom. The summed E-state index contributed by atoms with van der Waals surface area (Å²) in [6.07, 6.45) is 3.99. The monoisotopic (exact) mass is 360 g/mol. The zero-order chi connectivity index (χ0) is 17.9. The van der Waals surface area contributed by atoms with Crippen LogP contribution >= 0.6 is 0 Å². The van der Waals surface area contributed by atoms with Crippen molar-refractivity contribution in [1.82, 2.24) is 4.90 Å². The van der Waals surface area contributed by atoms with Gasteiger partial charge in [0.15, 0.2) is 0 Å². The van der Waals surface area contributed by atoms with Crippen molar-refractivity contribution < 1.29 is 18.9 Å². The highest BCUT2D eigenvalue weighted by atomic mass is 16.5. The van der Waals surface area contributed by atoms with E-state index >= 15 is 0 Å². The maximum absolute atomic E-state index is 12.7. The van der Waals surface area contributed by atoms with Gasteiger partial charge in [0.2, 0.25) is 5.52 Å². The standard InChI is InChI=1S/C18H24N4O4/c23-21-13-18(19-4-2-5-20-6-9-25-10-7-20)22(24)16-11-14-3-1-8-26-17(14)12-15(16)21/h11-13,19H,1-10H2. The van der Waals surface area contributed by atoms with Crippen LogP contribution in [0.4, 0.5) is 5.82 Å². The van der Waals surface area contributed by atoms with Gasteiger partial charge in [0.1, 0.15) is 5.75 Å². The molecule has 26 heavy (non-hydrogen) atoms. The van der Waals surface area contributed by atoms with Crippen LogP contribution in [0.15, 0.2) is 18.3 Å². The van der Waals surface area contributed by atoms with Gasteiger partial charge in [0, 0.05) is 19.6 Å². The summed E-state index contributed by atoms with van der Waals surface area (Å²) >= 11 is 0. The van der Waals surface area contributed by atoms with Crippen LogP contribution in [0.2, 0.25) is 0 Å². The number of aryl methyl sites for hydroxylation is 1. The Bertz CT molecular complexity index is 793. The summed E-state index contributed by atoms with van der Waals surface area (Å²) < 4.78 is 12.5. The summed E-state index contributed by atoms with van der Waals surface area (Å²) in [5, 5.41) is 28.2. The summed E-state index contributed by atoms with van der Waals surface area (Å²) in [4.78, 5) is 2.34. The fourth-order valence-electron chi connectivity index (χ4n) is 3.54. The molecule has 0 radical (unpaired) electrons. The number of fused-ring (bicyclic) bond motifs is 2. The van der Waals surface area contributed by atoms with Crippen molar-refractivity contribution in [3.05, 3.63) is 34.3 Å². The summed E-state index contributed by atoms with van der Waals surface area (Å²) in [7, 11) is 0. The Morgan fingerprint density at radius 2 is 1.96 bits per heavy atom.